The lowest BCUT2D eigenvalue weighted by molar-refractivity contribution is 0.452. The Morgan fingerprint density at radius 1 is 1.39 bits per heavy atom. The molecule has 0 amide bonds. The molecule has 3 N–H and O–H groups in total. The van der Waals surface area contributed by atoms with Gasteiger partial charge in [0.25, 0.3) is 10.2 Å². The zero-order valence-electron chi connectivity index (χ0n) is 10.3. The molecule has 1 aromatic carbocycles. The highest BCUT2D eigenvalue weighted by atomic mass is 32.2. The average Bonchev–Trinajstić information content (AvgIpc) is 2.35. The minimum Gasteiger partial charge on any atom is -0.330 e. The molecule has 5 nitrogen and oxygen atoms in total. The van der Waals surface area contributed by atoms with Gasteiger partial charge in [0.15, 0.2) is 0 Å². The van der Waals surface area contributed by atoms with Crippen molar-refractivity contribution in [2.45, 2.75) is 13.0 Å². The van der Waals surface area contributed by atoms with Crippen LogP contribution >= 0.6 is 0 Å². The molecule has 0 aliphatic rings. The first-order valence-electron chi connectivity index (χ1n) is 5.62. The van der Waals surface area contributed by atoms with Crippen LogP contribution in [0, 0.1) is 5.82 Å². The normalized spacial score (nSPS) is 12.0. The Hall–Kier alpha value is -1.02. The van der Waals surface area contributed by atoms with Gasteiger partial charge in [0.2, 0.25) is 0 Å². The summed E-state index contributed by atoms with van der Waals surface area (Å²) >= 11 is 0. The molecule has 0 fully saturated rings. The third-order valence-corrected chi connectivity index (χ3v) is 4.00. The van der Waals surface area contributed by atoms with Gasteiger partial charge in [-0.05, 0) is 19.0 Å². The Balaban J connectivity index is 2.59. The molecule has 1 aromatic rings. The SMILES string of the molecule is CN(CCCN)S(=O)(=O)NCc1ccccc1F. The quantitative estimate of drug-likeness (QED) is 0.758. The zero-order valence-corrected chi connectivity index (χ0v) is 11.1. The fourth-order valence-corrected chi connectivity index (χ4v) is 2.28. The first kappa shape index (κ1) is 15.0. The number of hydrogen-bond acceptors (Lipinski definition) is 3. The lowest BCUT2D eigenvalue weighted by Gasteiger charge is -2.17. The molecule has 0 heterocycles. The zero-order chi connectivity index (χ0) is 13.6. The van der Waals surface area contributed by atoms with Gasteiger partial charge in [-0.1, -0.05) is 18.2 Å². The van der Waals surface area contributed by atoms with Crippen molar-refractivity contribution in [1.29, 1.82) is 0 Å². The van der Waals surface area contributed by atoms with Crippen molar-refractivity contribution >= 4 is 10.2 Å². The predicted octanol–water partition coefficient (Wildman–Crippen LogP) is 0.441. The average molecular weight is 275 g/mol. The molecule has 0 aliphatic carbocycles. The highest BCUT2D eigenvalue weighted by Gasteiger charge is 2.16. The van der Waals surface area contributed by atoms with Crippen molar-refractivity contribution in [3.8, 4) is 0 Å². The number of nitrogens with zero attached hydrogens (tertiary/aromatic N) is 1. The van der Waals surface area contributed by atoms with Crippen LogP contribution in [-0.4, -0.2) is 32.9 Å². The summed E-state index contributed by atoms with van der Waals surface area (Å²) < 4.78 is 40.4. The van der Waals surface area contributed by atoms with Crippen LogP contribution < -0.4 is 10.5 Å². The van der Waals surface area contributed by atoms with Gasteiger partial charge < -0.3 is 5.73 Å². The molecular formula is C11H18FN3O2S. The number of halogens is 1. The van der Waals surface area contributed by atoms with Crippen LogP contribution in [0.2, 0.25) is 0 Å². The first-order chi connectivity index (χ1) is 8.47. The number of nitrogens with one attached hydrogen (secondary N) is 1. The summed E-state index contributed by atoms with van der Waals surface area (Å²) in [6.45, 7) is 0.693. The van der Waals surface area contributed by atoms with E-state index in [0.717, 1.165) is 0 Å². The van der Waals surface area contributed by atoms with Crippen LogP contribution in [0.15, 0.2) is 24.3 Å². The third kappa shape index (κ3) is 4.34. The molecule has 0 spiro atoms. The highest BCUT2D eigenvalue weighted by molar-refractivity contribution is 7.87. The second-order valence-electron chi connectivity index (χ2n) is 3.88. The summed E-state index contributed by atoms with van der Waals surface area (Å²) in [6.07, 6.45) is 0.580. The highest BCUT2D eigenvalue weighted by Crippen LogP contribution is 2.06. The number of hydrogen-bond donors (Lipinski definition) is 2. The summed E-state index contributed by atoms with van der Waals surface area (Å²) in [6, 6.07) is 6.05. The molecule has 1 rings (SSSR count). The Bertz CT molecular complexity index is 479. The maximum absolute atomic E-state index is 13.3. The smallest absolute Gasteiger partial charge is 0.279 e. The van der Waals surface area contributed by atoms with Gasteiger partial charge in [0.1, 0.15) is 5.82 Å². The van der Waals surface area contributed by atoms with Crippen LogP contribution in [0.25, 0.3) is 0 Å². The van der Waals surface area contributed by atoms with Crippen molar-refractivity contribution < 1.29 is 12.8 Å². The maximum Gasteiger partial charge on any atom is 0.279 e. The van der Waals surface area contributed by atoms with Gasteiger partial charge in [0, 0.05) is 25.7 Å². The molecule has 0 saturated carbocycles. The Morgan fingerprint density at radius 2 is 2.06 bits per heavy atom. The summed E-state index contributed by atoms with van der Waals surface area (Å²) in [7, 11) is -2.13. The van der Waals surface area contributed by atoms with E-state index in [2.05, 4.69) is 4.72 Å². The van der Waals surface area contributed by atoms with Crippen molar-refractivity contribution in [2.24, 2.45) is 5.73 Å². The van der Waals surface area contributed by atoms with E-state index in [1.165, 1.54) is 23.5 Å². The number of rotatable bonds is 7. The Kier molecular flexibility index (Phi) is 5.67. The van der Waals surface area contributed by atoms with E-state index in [-0.39, 0.29) is 6.54 Å². The van der Waals surface area contributed by atoms with Gasteiger partial charge in [-0.25, -0.2) is 4.39 Å². The monoisotopic (exact) mass is 275 g/mol. The molecule has 0 aliphatic heterocycles. The largest absolute Gasteiger partial charge is 0.330 e. The molecule has 0 saturated heterocycles. The maximum atomic E-state index is 13.3. The lowest BCUT2D eigenvalue weighted by Crippen LogP contribution is -2.38. The minimum atomic E-state index is -3.59. The van der Waals surface area contributed by atoms with Gasteiger partial charge in [-0.2, -0.15) is 17.4 Å². The van der Waals surface area contributed by atoms with E-state index in [0.29, 0.717) is 25.1 Å². The molecule has 102 valence electrons. The van der Waals surface area contributed by atoms with Crippen LogP contribution in [-0.2, 0) is 16.8 Å². The van der Waals surface area contributed by atoms with E-state index in [9.17, 15) is 12.8 Å². The topological polar surface area (TPSA) is 75.4 Å². The van der Waals surface area contributed by atoms with Crippen molar-refractivity contribution in [1.82, 2.24) is 9.03 Å². The van der Waals surface area contributed by atoms with Gasteiger partial charge in [0.05, 0.1) is 0 Å². The molecule has 7 heteroatoms. The summed E-state index contributed by atoms with van der Waals surface area (Å²) in [5.41, 5.74) is 5.63. The Morgan fingerprint density at radius 3 is 2.67 bits per heavy atom. The van der Waals surface area contributed by atoms with Crippen molar-refractivity contribution in [2.75, 3.05) is 20.1 Å². The first-order valence-corrected chi connectivity index (χ1v) is 7.06. The third-order valence-electron chi connectivity index (χ3n) is 2.49. The van der Waals surface area contributed by atoms with E-state index >= 15 is 0 Å². The van der Waals surface area contributed by atoms with Crippen LogP contribution in [0.1, 0.15) is 12.0 Å². The van der Waals surface area contributed by atoms with Crippen molar-refractivity contribution in [3.63, 3.8) is 0 Å². The van der Waals surface area contributed by atoms with Crippen molar-refractivity contribution in [3.05, 3.63) is 35.6 Å². The second kappa shape index (κ2) is 6.79. The minimum absolute atomic E-state index is 0.0675. The van der Waals surface area contributed by atoms with Crippen LogP contribution in [0.3, 0.4) is 0 Å². The standard InChI is InChI=1S/C11H18FN3O2S/c1-15(8-4-7-13)18(16,17)14-9-10-5-2-3-6-11(10)12/h2-3,5-6,14H,4,7-9,13H2,1H3. The molecule has 0 bridgehead atoms. The summed E-state index contributed by atoms with van der Waals surface area (Å²) in [4.78, 5) is 0. The molecular weight excluding hydrogens is 257 g/mol. The fourth-order valence-electron chi connectivity index (χ4n) is 1.36. The number of nitrogens with two attached hydrogens (primary N) is 1. The van der Waals surface area contributed by atoms with Gasteiger partial charge in [-0.15, -0.1) is 0 Å². The number of benzene rings is 1. The summed E-state index contributed by atoms with van der Waals surface area (Å²) in [5, 5.41) is 0. The van der Waals surface area contributed by atoms with E-state index < -0.39 is 16.0 Å². The molecule has 0 unspecified atom stereocenters. The Labute approximate surface area is 107 Å². The second-order valence-corrected chi connectivity index (χ2v) is 5.74. The van der Waals surface area contributed by atoms with E-state index in [1.54, 1.807) is 12.1 Å². The van der Waals surface area contributed by atoms with Gasteiger partial charge >= 0.3 is 0 Å². The molecule has 0 radical (unpaired) electrons. The van der Waals surface area contributed by atoms with Crippen LogP contribution in [0.4, 0.5) is 4.39 Å². The van der Waals surface area contributed by atoms with E-state index in [4.69, 9.17) is 5.73 Å². The molecule has 0 atom stereocenters. The summed E-state index contributed by atoms with van der Waals surface area (Å²) in [5.74, 6) is -0.426. The fraction of sp³-hybridized carbons (Fsp3) is 0.455. The molecule has 18 heavy (non-hydrogen) atoms. The molecule has 0 aromatic heterocycles. The van der Waals surface area contributed by atoms with Gasteiger partial charge in [-0.3, -0.25) is 0 Å². The lowest BCUT2D eigenvalue weighted by atomic mass is 10.2. The van der Waals surface area contributed by atoms with E-state index in [1.807, 2.05) is 0 Å². The van der Waals surface area contributed by atoms with Crippen LogP contribution in [0.5, 0.6) is 0 Å². The predicted molar refractivity (Wildman–Crippen MR) is 68.5 cm³/mol.